The summed E-state index contributed by atoms with van der Waals surface area (Å²) in [6.45, 7) is -0.316. The third kappa shape index (κ3) is 5.26. The smallest absolute Gasteiger partial charge is 0.549 e. The Morgan fingerprint density at radius 1 is 1.00 bits per heavy atom. The van der Waals surface area contributed by atoms with Gasteiger partial charge in [0.25, 0.3) is 0 Å². The maximum absolute atomic E-state index is 10.6. The van der Waals surface area contributed by atoms with Gasteiger partial charge in [0.15, 0.2) is 0 Å². The van der Waals surface area contributed by atoms with Crippen molar-refractivity contribution in [1.82, 2.24) is 5.32 Å². The standard InChI is InChI=1S/C16H17NO3.Na/c18-14(19)11-17-15(12-7-3-1-4-8-12)16(20)13-9-5-2-6-10-13;/h1-10,15-17,20H,11H2,(H,18,19);/q;+1/p-1/t15-,16+;/m1./s1. The van der Waals surface area contributed by atoms with Gasteiger partial charge in [-0.2, -0.15) is 0 Å². The van der Waals surface area contributed by atoms with E-state index >= 15 is 0 Å². The molecule has 2 aromatic rings. The molecule has 0 spiro atoms. The Balaban J connectivity index is 0.00000220. The minimum atomic E-state index is -1.20. The molecule has 0 aliphatic carbocycles. The number of aliphatic carboxylic acids is 1. The molecule has 0 saturated carbocycles. The maximum atomic E-state index is 10.6. The molecule has 0 amide bonds. The Labute approximate surface area is 146 Å². The maximum Gasteiger partial charge on any atom is 1.00 e. The second-order valence-corrected chi connectivity index (χ2v) is 4.50. The van der Waals surface area contributed by atoms with Crippen molar-refractivity contribution in [3.05, 3.63) is 71.8 Å². The molecule has 2 atom stereocenters. The van der Waals surface area contributed by atoms with Crippen LogP contribution in [0, 0.1) is 0 Å². The van der Waals surface area contributed by atoms with Gasteiger partial charge < -0.3 is 20.3 Å². The number of aliphatic hydroxyl groups excluding tert-OH is 1. The molecule has 0 saturated heterocycles. The van der Waals surface area contributed by atoms with Crippen molar-refractivity contribution in [3.8, 4) is 0 Å². The van der Waals surface area contributed by atoms with Crippen molar-refractivity contribution in [2.75, 3.05) is 6.54 Å². The Morgan fingerprint density at radius 3 is 1.95 bits per heavy atom. The van der Waals surface area contributed by atoms with Crippen LogP contribution < -0.4 is 40.0 Å². The monoisotopic (exact) mass is 293 g/mol. The summed E-state index contributed by atoms with van der Waals surface area (Å²) in [6.07, 6.45) is -0.835. The Bertz CT molecular complexity index is 548. The average Bonchev–Trinajstić information content (AvgIpc) is 2.49. The first-order chi connectivity index (χ1) is 9.68. The minimum Gasteiger partial charge on any atom is -0.549 e. The zero-order valence-electron chi connectivity index (χ0n) is 11.9. The number of hydrogen-bond donors (Lipinski definition) is 2. The normalized spacial score (nSPS) is 13.0. The van der Waals surface area contributed by atoms with Crippen LogP contribution in [-0.4, -0.2) is 17.6 Å². The van der Waals surface area contributed by atoms with Crippen LogP contribution >= 0.6 is 0 Å². The van der Waals surface area contributed by atoms with E-state index < -0.39 is 18.1 Å². The number of hydrogen-bond acceptors (Lipinski definition) is 4. The van der Waals surface area contributed by atoms with E-state index in [0.717, 1.165) is 11.1 Å². The van der Waals surface area contributed by atoms with Gasteiger partial charge in [0, 0.05) is 6.54 Å². The fourth-order valence-electron chi connectivity index (χ4n) is 2.11. The van der Waals surface area contributed by atoms with E-state index in [4.69, 9.17) is 0 Å². The summed E-state index contributed by atoms with van der Waals surface area (Å²) in [5.41, 5.74) is 1.55. The van der Waals surface area contributed by atoms with Crippen LogP contribution in [0.15, 0.2) is 60.7 Å². The van der Waals surface area contributed by atoms with Crippen LogP contribution in [0.4, 0.5) is 0 Å². The molecule has 0 fully saturated rings. The van der Waals surface area contributed by atoms with E-state index in [1.54, 1.807) is 12.1 Å². The number of aliphatic hydroxyl groups is 1. The summed E-state index contributed by atoms with van der Waals surface area (Å²) in [5.74, 6) is -1.20. The van der Waals surface area contributed by atoms with Crippen LogP contribution in [0.25, 0.3) is 0 Å². The molecule has 0 aromatic heterocycles. The van der Waals surface area contributed by atoms with Crippen LogP contribution in [0.5, 0.6) is 0 Å². The van der Waals surface area contributed by atoms with Gasteiger partial charge in [-0.05, 0) is 11.1 Å². The van der Waals surface area contributed by atoms with Crippen LogP contribution in [0.2, 0.25) is 0 Å². The van der Waals surface area contributed by atoms with Gasteiger partial charge in [-0.3, -0.25) is 0 Å². The number of benzene rings is 2. The van der Waals surface area contributed by atoms with E-state index in [0.29, 0.717) is 0 Å². The van der Waals surface area contributed by atoms with Crippen LogP contribution in [-0.2, 0) is 4.79 Å². The largest absolute Gasteiger partial charge is 1.00 e. The van der Waals surface area contributed by atoms with E-state index in [1.807, 2.05) is 48.5 Å². The molecule has 0 unspecified atom stereocenters. The molecule has 2 rings (SSSR count). The first-order valence-corrected chi connectivity index (χ1v) is 6.39. The third-order valence-corrected chi connectivity index (χ3v) is 3.08. The van der Waals surface area contributed by atoms with Crippen molar-refractivity contribution in [2.24, 2.45) is 0 Å². The molecular weight excluding hydrogens is 277 g/mol. The summed E-state index contributed by atoms with van der Waals surface area (Å²) in [4.78, 5) is 10.6. The van der Waals surface area contributed by atoms with Crippen LogP contribution in [0.3, 0.4) is 0 Å². The molecule has 0 aliphatic rings. The number of rotatable bonds is 6. The topological polar surface area (TPSA) is 72.4 Å². The Hall–Kier alpha value is -1.17. The van der Waals surface area contributed by atoms with E-state index in [2.05, 4.69) is 5.32 Å². The van der Waals surface area contributed by atoms with Gasteiger partial charge in [0.2, 0.25) is 0 Å². The zero-order valence-corrected chi connectivity index (χ0v) is 13.9. The Kier molecular flexibility index (Phi) is 7.64. The summed E-state index contributed by atoms with van der Waals surface area (Å²) in [6, 6.07) is 17.9. The Morgan fingerprint density at radius 2 is 1.48 bits per heavy atom. The zero-order chi connectivity index (χ0) is 14.4. The van der Waals surface area contributed by atoms with Crippen LogP contribution in [0.1, 0.15) is 23.3 Å². The first-order valence-electron chi connectivity index (χ1n) is 6.39. The predicted octanol–water partition coefficient (Wildman–Crippen LogP) is -2.20. The second kappa shape index (κ2) is 8.97. The summed E-state index contributed by atoms with van der Waals surface area (Å²) in [5, 5.41) is 23.9. The fraction of sp³-hybridized carbons (Fsp3) is 0.188. The molecule has 2 N–H and O–H groups in total. The number of nitrogens with one attached hydrogen (secondary N) is 1. The molecule has 0 bridgehead atoms. The third-order valence-electron chi connectivity index (χ3n) is 3.08. The summed E-state index contributed by atoms with van der Waals surface area (Å²) >= 11 is 0. The average molecular weight is 293 g/mol. The van der Waals surface area contributed by atoms with E-state index in [9.17, 15) is 15.0 Å². The van der Waals surface area contributed by atoms with Gasteiger partial charge in [-0.1, -0.05) is 60.7 Å². The molecule has 4 nitrogen and oxygen atoms in total. The molecule has 104 valence electrons. The van der Waals surface area contributed by atoms with E-state index in [-0.39, 0.29) is 36.1 Å². The summed E-state index contributed by atoms with van der Waals surface area (Å²) < 4.78 is 0. The second-order valence-electron chi connectivity index (χ2n) is 4.50. The minimum absolute atomic E-state index is 0. The molecule has 21 heavy (non-hydrogen) atoms. The van der Waals surface area contributed by atoms with Gasteiger partial charge in [0.1, 0.15) is 0 Å². The van der Waals surface area contributed by atoms with Gasteiger partial charge in [0.05, 0.1) is 18.1 Å². The van der Waals surface area contributed by atoms with Gasteiger partial charge >= 0.3 is 29.6 Å². The van der Waals surface area contributed by atoms with Crippen molar-refractivity contribution in [3.63, 3.8) is 0 Å². The molecule has 0 aliphatic heterocycles. The molecular formula is C16H16NNaO3. The number of carboxylic acids is 1. The van der Waals surface area contributed by atoms with Crippen molar-refractivity contribution < 1.29 is 44.6 Å². The predicted molar refractivity (Wildman–Crippen MR) is 73.6 cm³/mol. The van der Waals surface area contributed by atoms with Gasteiger partial charge in [-0.15, -0.1) is 0 Å². The molecule has 0 heterocycles. The van der Waals surface area contributed by atoms with Crippen molar-refractivity contribution in [2.45, 2.75) is 12.1 Å². The molecule has 5 heteroatoms. The van der Waals surface area contributed by atoms with Crippen molar-refractivity contribution >= 4 is 5.97 Å². The quantitative estimate of drug-likeness (QED) is 0.593. The van der Waals surface area contributed by atoms with Crippen molar-refractivity contribution in [1.29, 1.82) is 0 Å². The SMILES string of the molecule is O=C([O-])CN[C@H](c1ccccc1)[C@@H](O)c1ccccc1.[Na+]. The van der Waals surface area contributed by atoms with Gasteiger partial charge in [-0.25, -0.2) is 0 Å². The summed E-state index contributed by atoms with van der Waals surface area (Å²) in [7, 11) is 0. The molecule has 0 radical (unpaired) electrons. The van der Waals surface area contributed by atoms with E-state index in [1.165, 1.54) is 0 Å². The molecule has 2 aromatic carbocycles. The number of carbonyl (C=O) groups is 1. The number of carboxylic acid groups (broad SMARTS) is 1. The number of carbonyl (C=O) groups excluding carboxylic acids is 1. The fourth-order valence-corrected chi connectivity index (χ4v) is 2.11. The first kappa shape index (κ1) is 17.9.